The number of nitrogens with zero attached hydrogens (tertiary/aromatic N) is 1. The summed E-state index contributed by atoms with van der Waals surface area (Å²) in [6.45, 7) is 3.80. The Kier molecular flexibility index (Phi) is 1.16. The molecule has 0 aromatic rings. The molecular formula is C9H16N2. The second kappa shape index (κ2) is 1.99. The molecule has 1 spiro atoms. The van der Waals surface area contributed by atoms with Gasteiger partial charge in [-0.05, 0) is 25.7 Å². The number of piperazine rings is 1. The van der Waals surface area contributed by atoms with E-state index in [2.05, 4.69) is 10.2 Å². The summed E-state index contributed by atoms with van der Waals surface area (Å²) in [5.74, 6) is 0. The van der Waals surface area contributed by atoms with Crippen LogP contribution < -0.4 is 5.32 Å². The second-order valence-electron chi connectivity index (χ2n) is 4.33. The Morgan fingerprint density at radius 2 is 2.09 bits per heavy atom. The summed E-state index contributed by atoms with van der Waals surface area (Å²) in [5, 5.41) is 3.51. The number of rotatable bonds is 1. The van der Waals surface area contributed by atoms with E-state index in [0.717, 1.165) is 6.04 Å². The van der Waals surface area contributed by atoms with Gasteiger partial charge in [-0.2, -0.15) is 0 Å². The highest BCUT2D eigenvalue weighted by atomic mass is 15.3. The topological polar surface area (TPSA) is 15.3 Å². The molecule has 0 bridgehead atoms. The Labute approximate surface area is 68.0 Å². The average molecular weight is 152 g/mol. The van der Waals surface area contributed by atoms with Crippen LogP contribution in [0.2, 0.25) is 0 Å². The zero-order chi connectivity index (χ0) is 7.31. The molecule has 2 nitrogen and oxygen atoms in total. The van der Waals surface area contributed by atoms with Crippen LogP contribution in [0.25, 0.3) is 0 Å². The molecule has 3 rings (SSSR count). The molecule has 62 valence electrons. The maximum absolute atomic E-state index is 3.51. The number of hydrogen-bond donors (Lipinski definition) is 1. The van der Waals surface area contributed by atoms with E-state index in [-0.39, 0.29) is 0 Å². The summed E-state index contributed by atoms with van der Waals surface area (Å²) in [7, 11) is 0. The van der Waals surface area contributed by atoms with Crippen molar-refractivity contribution < 1.29 is 0 Å². The summed E-state index contributed by atoms with van der Waals surface area (Å²) in [5.41, 5.74) is 0.652. The normalized spacial score (nSPS) is 36.0. The highest BCUT2D eigenvalue weighted by Crippen LogP contribution is 2.47. The molecule has 0 amide bonds. The Hall–Kier alpha value is -0.0800. The van der Waals surface area contributed by atoms with Crippen molar-refractivity contribution in [2.75, 3.05) is 19.6 Å². The van der Waals surface area contributed by atoms with Gasteiger partial charge in [0.1, 0.15) is 0 Å². The van der Waals surface area contributed by atoms with E-state index in [9.17, 15) is 0 Å². The minimum Gasteiger partial charge on any atom is -0.314 e. The average Bonchev–Trinajstić information content (AvgIpc) is 2.85. The lowest BCUT2D eigenvalue weighted by molar-refractivity contribution is 0.133. The van der Waals surface area contributed by atoms with Crippen LogP contribution in [0.3, 0.4) is 0 Å². The Morgan fingerprint density at radius 3 is 2.73 bits per heavy atom. The first kappa shape index (κ1) is 6.44. The van der Waals surface area contributed by atoms with E-state index in [1.807, 2.05) is 0 Å². The van der Waals surface area contributed by atoms with Gasteiger partial charge in [-0.25, -0.2) is 0 Å². The van der Waals surface area contributed by atoms with Crippen LogP contribution in [0.15, 0.2) is 0 Å². The zero-order valence-corrected chi connectivity index (χ0v) is 6.97. The van der Waals surface area contributed by atoms with E-state index in [0.29, 0.717) is 5.54 Å². The molecule has 0 atom stereocenters. The molecule has 3 fully saturated rings. The van der Waals surface area contributed by atoms with Gasteiger partial charge in [0.05, 0.1) is 0 Å². The molecule has 11 heavy (non-hydrogen) atoms. The van der Waals surface area contributed by atoms with Crippen molar-refractivity contribution in [3.05, 3.63) is 0 Å². The van der Waals surface area contributed by atoms with Gasteiger partial charge < -0.3 is 5.32 Å². The molecule has 0 unspecified atom stereocenters. The third-order valence-corrected chi connectivity index (χ3v) is 3.41. The van der Waals surface area contributed by atoms with E-state index >= 15 is 0 Å². The molecule has 1 heterocycles. The van der Waals surface area contributed by atoms with Gasteiger partial charge in [0.25, 0.3) is 0 Å². The molecule has 0 aromatic heterocycles. The molecule has 2 aliphatic carbocycles. The van der Waals surface area contributed by atoms with Crippen molar-refractivity contribution in [1.82, 2.24) is 10.2 Å². The van der Waals surface area contributed by atoms with Gasteiger partial charge >= 0.3 is 0 Å². The van der Waals surface area contributed by atoms with Crippen LogP contribution in [0.4, 0.5) is 0 Å². The predicted octanol–water partition coefficient (Wildman–Crippen LogP) is 0.587. The van der Waals surface area contributed by atoms with Crippen LogP contribution >= 0.6 is 0 Å². The molecule has 2 saturated carbocycles. The second-order valence-corrected chi connectivity index (χ2v) is 4.33. The quantitative estimate of drug-likeness (QED) is 0.591. The summed E-state index contributed by atoms with van der Waals surface area (Å²) < 4.78 is 0. The molecule has 1 aliphatic heterocycles. The van der Waals surface area contributed by atoms with Crippen molar-refractivity contribution >= 4 is 0 Å². The first-order valence-corrected chi connectivity index (χ1v) is 4.88. The van der Waals surface area contributed by atoms with Crippen molar-refractivity contribution in [2.45, 2.75) is 37.3 Å². The number of nitrogens with one attached hydrogen (secondary N) is 1. The molecular weight excluding hydrogens is 136 g/mol. The minimum absolute atomic E-state index is 0.652. The lowest BCUT2D eigenvalue weighted by Crippen LogP contribution is -2.53. The van der Waals surface area contributed by atoms with Gasteiger partial charge in [-0.15, -0.1) is 0 Å². The first-order valence-electron chi connectivity index (χ1n) is 4.88. The van der Waals surface area contributed by atoms with Gasteiger partial charge in [-0.3, -0.25) is 4.90 Å². The van der Waals surface area contributed by atoms with Crippen LogP contribution in [0.5, 0.6) is 0 Å². The number of hydrogen-bond acceptors (Lipinski definition) is 2. The van der Waals surface area contributed by atoms with E-state index in [4.69, 9.17) is 0 Å². The third kappa shape index (κ3) is 0.926. The van der Waals surface area contributed by atoms with Crippen LogP contribution in [0.1, 0.15) is 25.7 Å². The predicted molar refractivity (Wildman–Crippen MR) is 44.6 cm³/mol. The Balaban J connectivity index is 1.77. The first-order chi connectivity index (χ1) is 5.41. The minimum atomic E-state index is 0.652. The van der Waals surface area contributed by atoms with Gasteiger partial charge in [0, 0.05) is 31.2 Å². The van der Waals surface area contributed by atoms with E-state index in [1.54, 1.807) is 0 Å². The van der Waals surface area contributed by atoms with Crippen LogP contribution in [-0.4, -0.2) is 36.1 Å². The summed E-state index contributed by atoms with van der Waals surface area (Å²) >= 11 is 0. The summed E-state index contributed by atoms with van der Waals surface area (Å²) in [6, 6.07) is 0.986. The molecule has 3 aliphatic rings. The summed E-state index contributed by atoms with van der Waals surface area (Å²) in [4.78, 5) is 2.78. The van der Waals surface area contributed by atoms with Crippen LogP contribution in [0, 0.1) is 0 Å². The maximum Gasteiger partial charge on any atom is 0.0338 e. The fraction of sp³-hybridized carbons (Fsp3) is 1.00. The Bertz CT molecular complexity index is 170. The fourth-order valence-electron chi connectivity index (χ4n) is 2.42. The smallest absolute Gasteiger partial charge is 0.0338 e. The van der Waals surface area contributed by atoms with Crippen molar-refractivity contribution in [3.63, 3.8) is 0 Å². The largest absolute Gasteiger partial charge is 0.314 e. The van der Waals surface area contributed by atoms with Crippen LogP contribution in [-0.2, 0) is 0 Å². The SMILES string of the molecule is C1CN(C2CC2)C2(CC2)CN1. The van der Waals surface area contributed by atoms with E-state index in [1.165, 1.54) is 45.3 Å². The van der Waals surface area contributed by atoms with Gasteiger partial charge in [-0.1, -0.05) is 0 Å². The lowest BCUT2D eigenvalue weighted by atomic mass is 10.1. The molecule has 1 N–H and O–H groups in total. The van der Waals surface area contributed by atoms with Crippen molar-refractivity contribution in [1.29, 1.82) is 0 Å². The highest BCUT2D eigenvalue weighted by Gasteiger charge is 2.53. The van der Waals surface area contributed by atoms with Gasteiger partial charge in [0.2, 0.25) is 0 Å². The monoisotopic (exact) mass is 152 g/mol. The zero-order valence-electron chi connectivity index (χ0n) is 6.97. The fourth-order valence-corrected chi connectivity index (χ4v) is 2.42. The van der Waals surface area contributed by atoms with Gasteiger partial charge in [0.15, 0.2) is 0 Å². The summed E-state index contributed by atoms with van der Waals surface area (Å²) in [6.07, 6.45) is 5.86. The molecule has 0 radical (unpaired) electrons. The third-order valence-electron chi connectivity index (χ3n) is 3.41. The standard InChI is InChI=1S/C9H16N2/c1-2-8(1)11-6-5-10-7-9(11)3-4-9/h8,10H,1-7H2. The Morgan fingerprint density at radius 1 is 1.27 bits per heavy atom. The van der Waals surface area contributed by atoms with Crippen molar-refractivity contribution in [2.24, 2.45) is 0 Å². The molecule has 2 heteroatoms. The highest BCUT2D eigenvalue weighted by molar-refractivity contribution is 5.11. The molecule has 1 saturated heterocycles. The lowest BCUT2D eigenvalue weighted by Gasteiger charge is -2.36. The maximum atomic E-state index is 3.51. The van der Waals surface area contributed by atoms with Crippen molar-refractivity contribution in [3.8, 4) is 0 Å². The van der Waals surface area contributed by atoms with E-state index < -0.39 is 0 Å². The molecule has 0 aromatic carbocycles.